The Morgan fingerprint density at radius 2 is 1.73 bits per heavy atom. The monoisotopic (exact) mass is 405 g/mol. The van der Waals surface area contributed by atoms with Gasteiger partial charge in [-0.3, -0.25) is 4.72 Å². The fourth-order valence-electron chi connectivity index (χ4n) is 1.80. The lowest BCUT2D eigenvalue weighted by atomic mass is 10.3. The third-order valence-corrected chi connectivity index (χ3v) is 5.52. The summed E-state index contributed by atoms with van der Waals surface area (Å²) in [6.07, 6.45) is 0. The lowest BCUT2D eigenvalue weighted by Gasteiger charge is -2.14. The van der Waals surface area contributed by atoms with Crippen LogP contribution in [-0.4, -0.2) is 22.6 Å². The van der Waals surface area contributed by atoms with E-state index >= 15 is 0 Å². The molecular weight excluding hydrogens is 394 g/mol. The van der Waals surface area contributed by atoms with Crippen LogP contribution in [0.15, 0.2) is 45.8 Å². The lowest BCUT2D eigenvalue weighted by molar-refractivity contribution is 0.405. The van der Waals surface area contributed by atoms with E-state index in [4.69, 9.17) is 21.1 Å². The summed E-state index contributed by atoms with van der Waals surface area (Å²) in [6, 6.07) is 9.46. The smallest absolute Gasteiger partial charge is 0.263 e. The van der Waals surface area contributed by atoms with Gasteiger partial charge >= 0.3 is 0 Å². The summed E-state index contributed by atoms with van der Waals surface area (Å²) in [6.45, 7) is 0. The van der Waals surface area contributed by atoms with Crippen molar-refractivity contribution < 1.29 is 17.9 Å². The van der Waals surface area contributed by atoms with Gasteiger partial charge in [-0.1, -0.05) is 23.7 Å². The van der Waals surface area contributed by atoms with Gasteiger partial charge in [0.25, 0.3) is 10.0 Å². The fourth-order valence-corrected chi connectivity index (χ4v) is 4.10. The maximum absolute atomic E-state index is 12.5. The third kappa shape index (κ3) is 3.48. The van der Waals surface area contributed by atoms with Gasteiger partial charge in [0, 0.05) is 16.6 Å². The molecule has 0 atom stereocenters. The Bertz CT molecular complexity index is 795. The highest BCUT2D eigenvalue weighted by Gasteiger charge is 2.20. The molecule has 2 aromatic carbocycles. The second-order valence-electron chi connectivity index (χ2n) is 4.22. The quantitative estimate of drug-likeness (QED) is 0.817. The Kier molecular flexibility index (Phi) is 5.20. The van der Waals surface area contributed by atoms with Crippen LogP contribution >= 0.6 is 27.5 Å². The first-order valence-electron chi connectivity index (χ1n) is 6.08. The molecule has 1 N–H and O–H groups in total. The lowest BCUT2D eigenvalue weighted by Crippen LogP contribution is -2.14. The number of rotatable bonds is 5. The second-order valence-corrected chi connectivity index (χ2v) is 7.14. The number of halogens is 2. The van der Waals surface area contributed by atoms with E-state index in [1.54, 1.807) is 18.2 Å². The van der Waals surface area contributed by atoms with Gasteiger partial charge in [0.05, 0.1) is 24.9 Å². The van der Waals surface area contributed by atoms with Crippen LogP contribution in [0.5, 0.6) is 11.5 Å². The average Bonchev–Trinajstić information content (AvgIpc) is 2.48. The van der Waals surface area contributed by atoms with Crippen LogP contribution in [0.4, 0.5) is 5.69 Å². The summed E-state index contributed by atoms with van der Waals surface area (Å²) in [5, 5.41) is 0.322. The van der Waals surface area contributed by atoms with Crippen molar-refractivity contribution >= 4 is 43.2 Å². The second kappa shape index (κ2) is 6.76. The molecule has 0 aliphatic rings. The van der Waals surface area contributed by atoms with Crippen molar-refractivity contribution in [2.24, 2.45) is 0 Å². The maximum Gasteiger partial charge on any atom is 0.263 e. The van der Waals surface area contributed by atoms with Crippen LogP contribution in [0, 0.1) is 0 Å². The molecule has 0 heterocycles. The van der Waals surface area contributed by atoms with E-state index in [1.165, 1.54) is 32.4 Å². The Hall–Kier alpha value is -1.44. The Balaban J connectivity index is 2.48. The molecule has 0 fully saturated rings. The molecule has 2 rings (SSSR count). The van der Waals surface area contributed by atoms with Crippen LogP contribution in [-0.2, 0) is 10.0 Å². The molecule has 8 heteroatoms. The van der Waals surface area contributed by atoms with E-state index in [0.717, 1.165) is 0 Å². The standard InChI is InChI=1S/C14H13BrClNO4S/c1-20-12-8-11(13(21-2)7-10(12)16)17-22(18,19)14-6-4-3-5-9(14)15/h3-8,17H,1-2H3. The van der Waals surface area contributed by atoms with Crippen molar-refractivity contribution in [3.63, 3.8) is 0 Å². The van der Waals surface area contributed by atoms with E-state index in [-0.39, 0.29) is 10.6 Å². The largest absolute Gasteiger partial charge is 0.495 e. The summed E-state index contributed by atoms with van der Waals surface area (Å²) in [4.78, 5) is 0.117. The molecule has 0 aliphatic heterocycles. The van der Waals surface area contributed by atoms with Crippen molar-refractivity contribution in [2.75, 3.05) is 18.9 Å². The average molecular weight is 407 g/mol. The number of ether oxygens (including phenoxy) is 2. The zero-order valence-electron chi connectivity index (χ0n) is 11.8. The van der Waals surface area contributed by atoms with Gasteiger partial charge < -0.3 is 9.47 Å². The summed E-state index contributed by atoms with van der Waals surface area (Å²) in [7, 11) is -0.921. The number of sulfonamides is 1. The molecule has 0 amide bonds. The molecule has 0 radical (unpaired) electrons. The number of hydrogen-bond donors (Lipinski definition) is 1. The molecule has 0 aliphatic carbocycles. The van der Waals surface area contributed by atoms with Crippen LogP contribution in [0.3, 0.4) is 0 Å². The van der Waals surface area contributed by atoms with E-state index in [1.807, 2.05) is 0 Å². The van der Waals surface area contributed by atoms with Crippen LogP contribution in [0.25, 0.3) is 0 Å². The molecular formula is C14H13BrClNO4S. The highest BCUT2D eigenvalue weighted by atomic mass is 79.9. The molecule has 5 nitrogen and oxygen atoms in total. The normalized spacial score (nSPS) is 11.1. The van der Waals surface area contributed by atoms with E-state index in [2.05, 4.69) is 20.7 Å². The minimum Gasteiger partial charge on any atom is -0.495 e. The Labute approximate surface area is 142 Å². The number of methoxy groups -OCH3 is 2. The fraction of sp³-hybridized carbons (Fsp3) is 0.143. The molecule has 0 spiro atoms. The van der Waals surface area contributed by atoms with Crippen molar-refractivity contribution in [2.45, 2.75) is 4.90 Å². The first-order chi connectivity index (χ1) is 10.4. The summed E-state index contributed by atoms with van der Waals surface area (Å²) < 4.78 is 38.2. The van der Waals surface area contributed by atoms with Crippen LogP contribution < -0.4 is 14.2 Å². The number of anilines is 1. The summed E-state index contributed by atoms with van der Waals surface area (Å²) in [5.41, 5.74) is 0.236. The third-order valence-electron chi connectivity index (χ3n) is 2.84. The van der Waals surface area contributed by atoms with Gasteiger partial charge in [0.1, 0.15) is 16.4 Å². The van der Waals surface area contributed by atoms with Crippen molar-refractivity contribution in [1.82, 2.24) is 0 Å². The molecule has 22 heavy (non-hydrogen) atoms. The first kappa shape index (κ1) is 16.9. The van der Waals surface area contributed by atoms with Crippen molar-refractivity contribution in [1.29, 1.82) is 0 Å². The van der Waals surface area contributed by atoms with Gasteiger partial charge in [-0.15, -0.1) is 0 Å². The molecule has 118 valence electrons. The SMILES string of the molecule is COc1cc(NS(=O)(=O)c2ccccc2Br)c(OC)cc1Cl. The van der Waals surface area contributed by atoms with E-state index in [9.17, 15) is 8.42 Å². The molecule has 0 saturated carbocycles. The number of hydrogen-bond acceptors (Lipinski definition) is 4. The molecule has 0 saturated heterocycles. The van der Waals surface area contributed by atoms with E-state index < -0.39 is 10.0 Å². The maximum atomic E-state index is 12.5. The predicted octanol–water partition coefficient (Wildman–Crippen LogP) is 3.92. The van der Waals surface area contributed by atoms with Crippen LogP contribution in [0.2, 0.25) is 5.02 Å². The van der Waals surface area contributed by atoms with E-state index in [0.29, 0.717) is 21.0 Å². The summed E-state index contributed by atoms with van der Waals surface area (Å²) in [5.74, 6) is 0.633. The predicted molar refractivity (Wildman–Crippen MR) is 89.5 cm³/mol. The van der Waals surface area contributed by atoms with Gasteiger partial charge in [-0.25, -0.2) is 8.42 Å². The minimum absolute atomic E-state index is 0.117. The van der Waals surface area contributed by atoms with Crippen LogP contribution in [0.1, 0.15) is 0 Å². The highest BCUT2D eigenvalue weighted by molar-refractivity contribution is 9.10. The molecule has 0 aromatic heterocycles. The number of nitrogens with one attached hydrogen (secondary N) is 1. The molecule has 0 bridgehead atoms. The zero-order chi connectivity index (χ0) is 16.3. The van der Waals surface area contributed by atoms with Gasteiger partial charge in [-0.05, 0) is 28.1 Å². The minimum atomic E-state index is -3.79. The van der Waals surface area contributed by atoms with Gasteiger partial charge in [0.2, 0.25) is 0 Å². The van der Waals surface area contributed by atoms with Crippen molar-refractivity contribution in [3.05, 3.63) is 45.9 Å². The first-order valence-corrected chi connectivity index (χ1v) is 8.73. The zero-order valence-corrected chi connectivity index (χ0v) is 14.9. The molecule has 2 aromatic rings. The topological polar surface area (TPSA) is 64.6 Å². The highest BCUT2D eigenvalue weighted by Crippen LogP contribution is 2.37. The Morgan fingerprint density at radius 1 is 1.09 bits per heavy atom. The van der Waals surface area contributed by atoms with Gasteiger partial charge in [-0.2, -0.15) is 0 Å². The van der Waals surface area contributed by atoms with Crippen molar-refractivity contribution in [3.8, 4) is 11.5 Å². The summed E-state index contributed by atoms with van der Waals surface area (Å²) >= 11 is 9.23. The Morgan fingerprint density at radius 3 is 2.32 bits per heavy atom. The number of benzene rings is 2. The van der Waals surface area contributed by atoms with Gasteiger partial charge in [0.15, 0.2) is 0 Å². The molecule has 0 unspecified atom stereocenters.